The smallest absolute Gasteiger partial charge is 0.249 e. The van der Waals surface area contributed by atoms with E-state index in [1.165, 1.54) is 135 Å². The van der Waals surface area contributed by atoms with Crippen molar-refractivity contribution >= 4 is 5.91 Å². The molecule has 1 saturated heterocycles. The molecule has 1 aliphatic heterocycles. The number of unbranched alkanes of at least 4 members (excludes halogenated alkanes) is 26. The third kappa shape index (κ3) is 31.3. The number of aliphatic hydroxyl groups excluding tert-OH is 7. The number of hydrogen-bond acceptors (Lipinski definition) is 10. The molecule has 0 aromatic heterocycles. The van der Waals surface area contributed by atoms with Gasteiger partial charge in [-0.1, -0.05) is 198 Å². The van der Waals surface area contributed by atoms with Gasteiger partial charge in [0.2, 0.25) is 5.91 Å². The molecular weight excluding hydrogens is 811 g/mol. The number of aliphatic hydroxyl groups is 7. The highest BCUT2D eigenvalue weighted by Gasteiger charge is 2.44. The maximum Gasteiger partial charge on any atom is 0.249 e. The predicted octanol–water partition coefficient (Wildman–Crippen LogP) is 9.95. The Labute approximate surface area is 390 Å². The standard InChI is InChI=1S/C53H99NO10/c1-3-5-7-9-11-13-15-17-18-19-20-21-22-23-24-25-26-27-28-29-31-32-34-36-38-40-45(56)48(58)44(43-63-53-51(61)50(60)49(59)47(42-55)64-53)54-52(62)46(57)41-39-37-35-33-30-16-14-12-10-8-6-4-2/h23-24,27-28,32,34,44-51,53,55-61H,3-22,25-26,29-31,33,35-43H2,1-2H3,(H,54,62)/b24-23+,28-27+,34-32+. The lowest BCUT2D eigenvalue weighted by Crippen LogP contribution is -2.60. The summed E-state index contributed by atoms with van der Waals surface area (Å²) in [5, 5.41) is 75.8. The number of ether oxygens (including phenoxy) is 2. The van der Waals surface area contributed by atoms with Crippen LogP contribution in [0.15, 0.2) is 36.5 Å². The molecule has 11 heteroatoms. The van der Waals surface area contributed by atoms with E-state index in [-0.39, 0.29) is 12.8 Å². The van der Waals surface area contributed by atoms with Crippen molar-refractivity contribution in [1.29, 1.82) is 0 Å². The fourth-order valence-electron chi connectivity index (χ4n) is 8.30. The van der Waals surface area contributed by atoms with Crippen LogP contribution in [-0.2, 0) is 14.3 Å². The van der Waals surface area contributed by atoms with Crippen LogP contribution in [0.5, 0.6) is 0 Å². The van der Waals surface area contributed by atoms with E-state index in [2.05, 4.69) is 55.6 Å². The summed E-state index contributed by atoms with van der Waals surface area (Å²) in [4.78, 5) is 13.1. The van der Waals surface area contributed by atoms with E-state index in [9.17, 15) is 40.5 Å². The first-order valence-corrected chi connectivity index (χ1v) is 26.4. The molecular formula is C53H99NO10. The number of amides is 1. The van der Waals surface area contributed by atoms with Crippen LogP contribution in [0, 0.1) is 0 Å². The zero-order chi connectivity index (χ0) is 46.9. The monoisotopic (exact) mass is 910 g/mol. The molecule has 0 radical (unpaired) electrons. The van der Waals surface area contributed by atoms with E-state index < -0.39 is 74.2 Å². The van der Waals surface area contributed by atoms with Crippen molar-refractivity contribution in [1.82, 2.24) is 5.32 Å². The molecule has 0 aromatic rings. The van der Waals surface area contributed by atoms with Gasteiger partial charge in [-0.15, -0.1) is 0 Å². The van der Waals surface area contributed by atoms with E-state index in [0.29, 0.717) is 19.3 Å². The average Bonchev–Trinajstić information content (AvgIpc) is 3.29. The van der Waals surface area contributed by atoms with Crippen LogP contribution >= 0.6 is 0 Å². The van der Waals surface area contributed by atoms with Crippen molar-refractivity contribution in [3.05, 3.63) is 36.5 Å². The van der Waals surface area contributed by atoms with Crippen LogP contribution in [0.1, 0.15) is 226 Å². The van der Waals surface area contributed by atoms with Crippen molar-refractivity contribution in [2.75, 3.05) is 13.2 Å². The SMILES string of the molecule is CCCCCCCCCCCCCC/C=C/CC/C=C/CC/C=C/CCCC(O)C(O)C(COC1OC(CO)C(O)C(O)C1O)NC(=O)C(O)CCCCCCCCCCCCCC. The van der Waals surface area contributed by atoms with Gasteiger partial charge >= 0.3 is 0 Å². The van der Waals surface area contributed by atoms with E-state index in [1.54, 1.807) is 0 Å². The number of carbonyl (C=O) groups excluding carboxylic acids is 1. The lowest BCUT2D eigenvalue weighted by atomic mass is 9.98. The molecule has 11 nitrogen and oxygen atoms in total. The quantitative estimate of drug-likeness (QED) is 0.0216. The number of carbonyl (C=O) groups is 1. The predicted molar refractivity (Wildman–Crippen MR) is 261 cm³/mol. The molecule has 1 heterocycles. The Hall–Kier alpha value is -1.67. The second-order valence-corrected chi connectivity index (χ2v) is 18.6. The maximum absolute atomic E-state index is 13.1. The lowest BCUT2D eigenvalue weighted by molar-refractivity contribution is -0.303. The van der Waals surface area contributed by atoms with Crippen LogP contribution < -0.4 is 5.32 Å². The third-order valence-corrected chi connectivity index (χ3v) is 12.7. The van der Waals surface area contributed by atoms with Gasteiger partial charge in [0.05, 0.1) is 25.4 Å². The normalized spacial score (nSPS) is 21.3. The molecule has 9 atom stereocenters. The van der Waals surface area contributed by atoms with Crippen LogP contribution in [-0.4, -0.2) is 110 Å². The first-order valence-electron chi connectivity index (χ1n) is 26.4. The second kappa shape index (κ2) is 42.7. The minimum absolute atomic E-state index is 0.242. The number of allylic oxidation sites excluding steroid dienone is 6. The van der Waals surface area contributed by atoms with Gasteiger partial charge in [-0.05, 0) is 64.2 Å². The summed E-state index contributed by atoms with van der Waals surface area (Å²) in [6, 6.07) is -1.19. The summed E-state index contributed by atoms with van der Waals surface area (Å²) < 4.78 is 11.1. The zero-order valence-electron chi connectivity index (χ0n) is 40.8. The van der Waals surface area contributed by atoms with Gasteiger partial charge < -0.3 is 50.5 Å². The number of rotatable bonds is 44. The minimum Gasteiger partial charge on any atom is -0.394 e. The van der Waals surface area contributed by atoms with Crippen molar-refractivity contribution in [3.8, 4) is 0 Å². The van der Waals surface area contributed by atoms with Crippen molar-refractivity contribution < 1.29 is 50.0 Å². The second-order valence-electron chi connectivity index (χ2n) is 18.6. The molecule has 0 aromatic carbocycles. The van der Waals surface area contributed by atoms with Gasteiger partial charge in [0, 0.05) is 0 Å². The third-order valence-electron chi connectivity index (χ3n) is 12.7. The highest BCUT2D eigenvalue weighted by molar-refractivity contribution is 5.80. The minimum atomic E-state index is -1.67. The summed E-state index contributed by atoms with van der Waals surface area (Å²) in [7, 11) is 0. The molecule has 376 valence electrons. The summed E-state index contributed by atoms with van der Waals surface area (Å²) in [5.74, 6) is -0.713. The highest BCUT2D eigenvalue weighted by Crippen LogP contribution is 2.23. The Morgan fingerprint density at radius 3 is 1.39 bits per heavy atom. The van der Waals surface area contributed by atoms with E-state index in [0.717, 1.165) is 44.9 Å². The number of hydrogen-bond donors (Lipinski definition) is 8. The Bertz CT molecular complexity index is 1130. The van der Waals surface area contributed by atoms with Crippen LogP contribution in [0.4, 0.5) is 0 Å². The molecule has 0 saturated carbocycles. The van der Waals surface area contributed by atoms with E-state index in [4.69, 9.17) is 9.47 Å². The van der Waals surface area contributed by atoms with Crippen LogP contribution in [0.3, 0.4) is 0 Å². The Morgan fingerprint density at radius 1 is 0.531 bits per heavy atom. The van der Waals surface area contributed by atoms with Crippen molar-refractivity contribution in [2.45, 2.75) is 281 Å². The Morgan fingerprint density at radius 2 is 0.938 bits per heavy atom. The molecule has 0 aliphatic carbocycles. The summed E-state index contributed by atoms with van der Waals surface area (Å²) >= 11 is 0. The summed E-state index contributed by atoms with van der Waals surface area (Å²) in [6.45, 7) is 3.42. The highest BCUT2D eigenvalue weighted by atomic mass is 16.7. The van der Waals surface area contributed by atoms with Gasteiger partial charge in [-0.3, -0.25) is 4.79 Å². The molecule has 1 aliphatic rings. The molecule has 9 unspecified atom stereocenters. The molecule has 8 N–H and O–H groups in total. The fraction of sp³-hybridized carbons (Fsp3) is 0.868. The summed E-state index contributed by atoms with van der Waals surface area (Å²) in [5.41, 5.74) is 0. The van der Waals surface area contributed by atoms with Gasteiger partial charge in [-0.2, -0.15) is 0 Å². The average molecular weight is 910 g/mol. The molecule has 0 spiro atoms. The maximum atomic E-state index is 13.1. The van der Waals surface area contributed by atoms with Gasteiger partial charge in [0.25, 0.3) is 0 Å². The Balaban J connectivity index is 2.38. The molecule has 1 rings (SSSR count). The Kier molecular flexibility index (Phi) is 40.2. The fourth-order valence-corrected chi connectivity index (χ4v) is 8.30. The first-order chi connectivity index (χ1) is 31.2. The van der Waals surface area contributed by atoms with E-state index in [1.807, 2.05) is 0 Å². The summed E-state index contributed by atoms with van der Waals surface area (Å²) in [6.07, 6.45) is 39.2. The van der Waals surface area contributed by atoms with Crippen LogP contribution in [0.2, 0.25) is 0 Å². The van der Waals surface area contributed by atoms with Gasteiger partial charge in [0.1, 0.15) is 36.6 Å². The molecule has 64 heavy (non-hydrogen) atoms. The van der Waals surface area contributed by atoms with Gasteiger partial charge in [0.15, 0.2) is 6.29 Å². The van der Waals surface area contributed by atoms with E-state index >= 15 is 0 Å². The zero-order valence-corrected chi connectivity index (χ0v) is 40.8. The molecule has 0 bridgehead atoms. The lowest BCUT2D eigenvalue weighted by Gasteiger charge is -2.40. The number of nitrogens with one attached hydrogen (secondary N) is 1. The molecule has 1 fully saturated rings. The topological polar surface area (TPSA) is 189 Å². The van der Waals surface area contributed by atoms with Crippen molar-refractivity contribution in [2.24, 2.45) is 0 Å². The van der Waals surface area contributed by atoms with Gasteiger partial charge in [-0.25, -0.2) is 0 Å². The molecule has 1 amide bonds. The van der Waals surface area contributed by atoms with Crippen molar-refractivity contribution in [3.63, 3.8) is 0 Å². The van der Waals surface area contributed by atoms with Crippen LogP contribution in [0.25, 0.3) is 0 Å². The first kappa shape index (κ1) is 60.3. The largest absolute Gasteiger partial charge is 0.394 e.